The number of aromatic nitrogens is 1. The molecule has 29 heavy (non-hydrogen) atoms. The van der Waals surface area contributed by atoms with Crippen molar-refractivity contribution >= 4 is 28.3 Å². The van der Waals surface area contributed by atoms with Crippen LogP contribution in [0.2, 0.25) is 0 Å². The summed E-state index contributed by atoms with van der Waals surface area (Å²) in [7, 11) is 0. The summed E-state index contributed by atoms with van der Waals surface area (Å²) in [4.78, 5) is 29.3. The van der Waals surface area contributed by atoms with Crippen molar-refractivity contribution in [3.63, 3.8) is 0 Å². The Morgan fingerprint density at radius 1 is 1.10 bits per heavy atom. The predicted molar refractivity (Wildman–Crippen MR) is 113 cm³/mol. The van der Waals surface area contributed by atoms with Gasteiger partial charge < -0.3 is 15.8 Å². The molecule has 0 radical (unpaired) electrons. The Balaban J connectivity index is 1.84. The molecule has 0 saturated carbocycles. The maximum atomic E-state index is 13.0. The number of esters is 1. The van der Waals surface area contributed by atoms with E-state index in [0.717, 1.165) is 16.3 Å². The zero-order valence-electron chi connectivity index (χ0n) is 16.4. The minimum atomic E-state index is -0.745. The monoisotopic (exact) mass is 391 g/mol. The highest BCUT2D eigenvalue weighted by molar-refractivity contribution is 5.96. The van der Waals surface area contributed by atoms with Crippen molar-refractivity contribution in [3.05, 3.63) is 72.6 Å². The Morgan fingerprint density at radius 2 is 1.90 bits per heavy atom. The summed E-state index contributed by atoms with van der Waals surface area (Å²) < 4.78 is 5.67. The van der Waals surface area contributed by atoms with Gasteiger partial charge in [-0.05, 0) is 35.6 Å². The largest absolute Gasteiger partial charge is 0.457 e. The summed E-state index contributed by atoms with van der Waals surface area (Å²) in [5, 5.41) is 4.86. The maximum Gasteiger partial charge on any atom is 0.306 e. The maximum absolute atomic E-state index is 13.0. The number of benzene rings is 2. The van der Waals surface area contributed by atoms with E-state index in [1.54, 1.807) is 12.4 Å². The second-order valence-electron chi connectivity index (χ2n) is 6.84. The van der Waals surface area contributed by atoms with Crippen LogP contribution in [0.4, 0.5) is 5.69 Å². The van der Waals surface area contributed by atoms with Gasteiger partial charge in [0.25, 0.3) is 0 Å². The summed E-state index contributed by atoms with van der Waals surface area (Å²) >= 11 is 0. The first kappa shape index (κ1) is 20.5. The Morgan fingerprint density at radius 3 is 2.62 bits per heavy atom. The van der Waals surface area contributed by atoms with Gasteiger partial charge in [0.2, 0.25) is 5.91 Å². The van der Waals surface area contributed by atoms with Gasteiger partial charge in [0.05, 0.1) is 5.92 Å². The predicted octanol–water partition coefficient (Wildman–Crippen LogP) is 3.83. The smallest absolute Gasteiger partial charge is 0.306 e. The molecule has 1 aromatic heterocycles. The van der Waals surface area contributed by atoms with Crippen molar-refractivity contribution in [2.24, 2.45) is 11.7 Å². The van der Waals surface area contributed by atoms with Gasteiger partial charge in [0.1, 0.15) is 6.10 Å². The summed E-state index contributed by atoms with van der Waals surface area (Å²) in [5.41, 5.74) is 7.34. The normalized spacial score (nSPS) is 12.9. The van der Waals surface area contributed by atoms with E-state index in [1.807, 2.05) is 61.5 Å². The number of hydrogen-bond donors (Lipinski definition) is 2. The number of carbonyl (C=O) groups excluding carboxylic acids is 2. The molecule has 3 aromatic rings. The van der Waals surface area contributed by atoms with E-state index >= 15 is 0 Å². The Kier molecular flexibility index (Phi) is 6.92. The fraction of sp³-hybridized carbons (Fsp3) is 0.261. The highest BCUT2D eigenvalue weighted by Crippen LogP contribution is 2.28. The van der Waals surface area contributed by atoms with Crippen LogP contribution in [0.3, 0.4) is 0 Å². The standard InChI is InChI=1S/C23H25N3O3/c1-2-6-21(27)29-22(16-7-4-3-5-8-16)20(14-24)23(28)26-19-10-9-18-15-25-12-11-17(18)13-19/h3-5,7-13,15,20,22H,2,6,14,24H2,1H3,(H,26,28). The van der Waals surface area contributed by atoms with Gasteiger partial charge in [-0.25, -0.2) is 0 Å². The molecule has 2 atom stereocenters. The molecule has 0 bridgehead atoms. The molecule has 0 aliphatic carbocycles. The number of fused-ring (bicyclic) bond motifs is 1. The van der Waals surface area contributed by atoms with Crippen LogP contribution in [-0.2, 0) is 14.3 Å². The van der Waals surface area contributed by atoms with Crippen molar-refractivity contribution in [1.82, 2.24) is 4.98 Å². The number of ether oxygens (including phenoxy) is 1. The van der Waals surface area contributed by atoms with Crippen LogP contribution < -0.4 is 11.1 Å². The average Bonchev–Trinajstić information content (AvgIpc) is 2.74. The molecule has 1 heterocycles. The van der Waals surface area contributed by atoms with Crippen molar-refractivity contribution in [1.29, 1.82) is 0 Å². The zero-order chi connectivity index (χ0) is 20.6. The zero-order valence-corrected chi connectivity index (χ0v) is 16.4. The van der Waals surface area contributed by atoms with Crippen LogP contribution in [0.25, 0.3) is 10.8 Å². The van der Waals surface area contributed by atoms with Gasteiger partial charge in [-0.3, -0.25) is 14.6 Å². The lowest BCUT2D eigenvalue weighted by atomic mass is 9.94. The van der Waals surface area contributed by atoms with Crippen LogP contribution in [-0.4, -0.2) is 23.4 Å². The minimum Gasteiger partial charge on any atom is -0.457 e. The molecule has 1 amide bonds. The molecule has 0 saturated heterocycles. The Labute approximate surface area is 170 Å². The summed E-state index contributed by atoms with van der Waals surface area (Å²) in [6, 6.07) is 16.7. The SMILES string of the molecule is CCCC(=O)OC(c1ccccc1)C(CN)C(=O)Nc1ccc2cnccc2c1. The van der Waals surface area contributed by atoms with Crippen molar-refractivity contribution in [3.8, 4) is 0 Å². The van der Waals surface area contributed by atoms with Gasteiger partial charge >= 0.3 is 5.97 Å². The van der Waals surface area contributed by atoms with Gasteiger partial charge in [-0.2, -0.15) is 0 Å². The third-order valence-electron chi connectivity index (χ3n) is 4.70. The quantitative estimate of drug-likeness (QED) is 0.569. The van der Waals surface area contributed by atoms with Crippen LogP contribution in [0, 0.1) is 5.92 Å². The van der Waals surface area contributed by atoms with Gasteiger partial charge in [-0.15, -0.1) is 0 Å². The van der Waals surface area contributed by atoms with E-state index in [9.17, 15) is 9.59 Å². The Hall–Kier alpha value is -3.25. The molecule has 150 valence electrons. The molecular weight excluding hydrogens is 366 g/mol. The number of carbonyl (C=O) groups is 2. The highest BCUT2D eigenvalue weighted by atomic mass is 16.5. The molecular formula is C23H25N3O3. The first-order chi connectivity index (χ1) is 14.1. The number of nitrogens with zero attached hydrogens (tertiary/aromatic N) is 1. The van der Waals surface area contributed by atoms with Gasteiger partial charge in [-0.1, -0.05) is 43.3 Å². The summed E-state index contributed by atoms with van der Waals surface area (Å²) in [6.07, 6.45) is 3.69. The topological polar surface area (TPSA) is 94.3 Å². The lowest BCUT2D eigenvalue weighted by Crippen LogP contribution is -2.36. The average molecular weight is 391 g/mol. The molecule has 6 nitrogen and oxygen atoms in total. The highest BCUT2D eigenvalue weighted by Gasteiger charge is 2.31. The molecule has 2 unspecified atom stereocenters. The third-order valence-corrected chi connectivity index (χ3v) is 4.70. The summed E-state index contributed by atoms with van der Waals surface area (Å²) in [6.45, 7) is 1.95. The molecule has 3 rings (SSSR count). The van der Waals surface area contributed by atoms with Crippen LogP contribution in [0.5, 0.6) is 0 Å². The molecule has 0 aliphatic heterocycles. The number of nitrogens with one attached hydrogen (secondary N) is 1. The van der Waals surface area contributed by atoms with E-state index in [4.69, 9.17) is 10.5 Å². The van der Waals surface area contributed by atoms with Crippen molar-refractivity contribution in [2.75, 3.05) is 11.9 Å². The number of amides is 1. The van der Waals surface area contributed by atoms with E-state index in [-0.39, 0.29) is 18.4 Å². The lowest BCUT2D eigenvalue weighted by Gasteiger charge is -2.26. The molecule has 6 heteroatoms. The first-order valence-electron chi connectivity index (χ1n) is 9.71. The first-order valence-corrected chi connectivity index (χ1v) is 9.71. The molecule has 2 aromatic carbocycles. The number of hydrogen-bond acceptors (Lipinski definition) is 5. The van der Waals surface area contributed by atoms with Crippen LogP contribution in [0.1, 0.15) is 31.4 Å². The number of rotatable bonds is 8. The number of pyridine rings is 1. The molecule has 0 spiro atoms. The molecule has 0 aliphatic rings. The van der Waals surface area contributed by atoms with Crippen molar-refractivity contribution in [2.45, 2.75) is 25.9 Å². The van der Waals surface area contributed by atoms with Gasteiger partial charge in [0.15, 0.2) is 0 Å². The number of anilines is 1. The van der Waals surface area contributed by atoms with E-state index in [1.165, 1.54) is 0 Å². The van der Waals surface area contributed by atoms with E-state index in [0.29, 0.717) is 18.5 Å². The second kappa shape index (κ2) is 9.80. The second-order valence-corrected chi connectivity index (χ2v) is 6.84. The van der Waals surface area contributed by atoms with Crippen LogP contribution in [0.15, 0.2) is 67.0 Å². The van der Waals surface area contributed by atoms with Gasteiger partial charge in [0, 0.05) is 36.4 Å². The fourth-order valence-corrected chi connectivity index (χ4v) is 3.19. The van der Waals surface area contributed by atoms with Crippen LogP contribution >= 0.6 is 0 Å². The third kappa shape index (κ3) is 5.18. The minimum absolute atomic E-state index is 0.0439. The summed E-state index contributed by atoms with van der Waals surface area (Å²) in [5.74, 6) is -1.35. The molecule has 0 fully saturated rings. The fourth-order valence-electron chi connectivity index (χ4n) is 3.19. The van der Waals surface area contributed by atoms with E-state index < -0.39 is 12.0 Å². The molecule has 3 N–H and O–H groups in total. The van der Waals surface area contributed by atoms with Crippen molar-refractivity contribution < 1.29 is 14.3 Å². The Bertz CT molecular complexity index is 975. The van der Waals surface area contributed by atoms with E-state index in [2.05, 4.69) is 10.3 Å². The number of nitrogens with two attached hydrogens (primary N) is 1. The lowest BCUT2D eigenvalue weighted by molar-refractivity contribution is -0.153.